The number of hydrogen-bond donors (Lipinski definition) is 2. The van der Waals surface area contributed by atoms with Gasteiger partial charge in [-0.1, -0.05) is 6.92 Å². The molecule has 0 radical (unpaired) electrons. The summed E-state index contributed by atoms with van der Waals surface area (Å²) in [5.41, 5.74) is 5.84. The third kappa shape index (κ3) is 3.48. The molecule has 2 rings (SSSR count). The maximum absolute atomic E-state index is 11.8. The summed E-state index contributed by atoms with van der Waals surface area (Å²) in [5, 5.41) is 3.16. The molecule has 0 bridgehead atoms. The fourth-order valence-electron chi connectivity index (χ4n) is 2.67. The minimum absolute atomic E-state index is 0.250. The number of carbonyl (C=O) groups excluding carboxylic acids is 1. The molecule has 0 aromatic rings. The van der Waals surface area contributed by atoms with Gasteiger partial charge < -0.3 is 11.1 Å². The van der Waals surface area contributed by atoms with Gasteiger partial charge in [0, 0.05) is 18.5 Å². The molecule has 0 aromatic carbocycles. The topological polar surface area (TPSA) is 55.1 Å². The second-order valence-electron chi connectivity index (χ2n) is 5.70. The Kier molecular flexibility index (Phi) is 3.85. The van der Waals surface area contributed by atoms with Crippen LogP contribution in [0.5, 0.6) is 0 Å². The molecule has 3 heteroatoms. The Bertz CT molecular complexity index is 242. The van der Waals surface area contributed by atoms with Crippen LogP contribution in [0.15, 0.2) is 0 Å². The summed E-state index contributed by atoms with van der Waals surface area (Å²) in [6.45, 7) is 2.20. The number of nitrogens with one attached hydrogen (secondary N) is 1. The van der Waals surface area contributed by atoms with Crippen molar-refractivity contribution in [2.24, 2.45) is 17.6 Å². The van der Waals surface area contributed by atoms with Crippen molar-refractivity contribution in [3.05, 3.63) is 0 Å². The fraction of sp³-hybridized carbons (Fsp3) is 0.923. The zero-order chi connectivity index (χ0) is 11.5. The third-order valence-corrected chi connectivity index (χ3v) is 4.07. The fourth-order valence-corrected chi connectivity index (χ4v) is 2.67. The Morgan fingerprint density at radius 3 is 2.44 bits per heavy atom. The van der Waals surface area contributed by atoms with Crippen molar-refractivity contribution in [1.29, 1.82) is 0 Å². The smallest absolute Gasteiger partial charge is 0.220 e. The molecule has 92 valence electrons. The third-order valence-electron chi connectivity index (χ3n) is 4.07. The van der Waals surface area contributed by atoms with Crippen LogP contribution in [-0.4, -0.2) is 18.0 Å². The molecule has 2 fully saturated rings. The summed E-state index contributed by atoms with van der Waals surface area (Å²) in [5.74, 6) is 1.65. The number of hydrogen-bond acceptors (Lipinski definition) is 2. The van der Waals surface area contributed by atoms with E-state index in [-0.39, 0.29) is 5.91 Å². The molecule has 1 amide bonds. The maximum atomic E-state index is 11.8. The molecule has 0 aromatic heterocycles. The van der Waals surface area contributed by atoms with Crippen LogP contribution < -0.4 is 11.1 Å². The van der Waals surface area contributed by atoms with E-state index in [0.29, 0.717) is 24.4 Å². The molecule has 16 heavy (non-hydrogen) atoms. The highest BCUT2D eigenvalue weighted by Crippen LogP contribution is 2.38. The Hall–Kier alpha value is -0.570. The van der Waals surface area contributed by atoms with Gasteiger partial charge in [-0.2, -0.15) is 0 Å². The number of amides is 1. The predicted octanol–water partition coefficient (Wildman–Crippen LogP) is 1.81. The highest BCUT2D eigenvalue weighted by Gasteiger charge is 2.29. The number of carbonyl (C=O) groups is 1. The van der Waals surface area contributed by atoms with E-state index >= 15 is 0 Å². The SMILES string of the molecule is CC(CC(=O)NC1CCC(N)CC1)C1CC1. The van der Waals surface area contributed by atoms with Gasteiger partial charge in [0.2, 0.25) is 5.91 Å². The summed E-state index contributed by atoms with van der Waals surface area (Å²) in [6, 6.07) is 0.747. The second kappa shape index (κ2) is 5.17. The first-order valence-corrected chi connectivity index (χ1v) is 6.70. The van der Waals surface area contributed by atoms with E-state index in [1.165, 1.54) is 12.8 Å². The van der Waals surface area contributed by atoms with Gasteiger partial charge in [-0.15, -0.1) is 0 Å². The monoisotopic (exact) mass is 224 g/mol. The molecule has 3 N–H and O–H groups in total. The Morgan fingerprint density at radius 1 is 1.25 bits per heavy atom. The van der Waals surface area contributed by atoms with Gasteiger partial charge >= 0.3 is 0 Å². The molecular formula is C13H24N2O. The molecule has 0 saturated heterocycles. The van der Waals surface area contributed by atoms with Gasteiger partial charge in [-0.05, 0) is 50.4 Å². The summed E-state index contributed by atoms with van der Waals surface area (Å²) in [6.07, 6.45) is 7.61. The van der Waals surface area contributed by atoms with E-state index < -0.39 is 0 Å². The molecular weight excluding hydrogens is 200 g/mol. The molecule has 2 aliphatic rings. The van der Waals surface area contributed by atoms with Gasteiger partial charge in [0.05, 0.1) is 0 Å². The standard InChI is InChI=1S/C13H24N2O/c1-9(10-2-3-10)8-13(16)15-12-6-4-11(14)5-7-12/h9-12H,2-8,14H2,1H3,(H,15,16). The van der Waals surface area contributed by atoms with Crippen molar-refractivity contribution in [3.8, 4) is 0 Å². The first kappa shape index (κ1) is 11.9. The van der Waals surface area contributed by atoms with Crippen molar-refractivity contribution in [3.63, 3.8) is 0 Å². The van der Waals surface area contributed by atoms with E-state index in [2.05, 4.69) is 12.2 Å². The van der Waals surface area contributed by atoms with Gasteiger partial charge in [0.1, 0.15) is 0 Å². The lowest BCUT2D eigenvalue weighted by atomic mass is 9.91. The average Bonchev–Trinajstić information content (AvgIpc) is 3.04. The summed E-state index contributed by atoms with van der Waals surface area (Å²) in [4.78, 5) is 11.8. The first-order chi connectivity index (χ1) is 7.65. The Morgan fingerprint density at radius 2 is 1.88 bits per heavy atom. The van der Waals surface area contributed by atoms with Crippen molar-refractivity contribution in [2.75, 3.05) is 0 Å². The predicted molar refractivity (Wildman–Crippen MR) is 64.9 cm³/mol. The lowest BCUT2D eigenvalue weighted by Gasteiger charge is -2.27. The van der Waals surface area contributed by atoms with Crippen molar-refractivity contribution < 1.29 is 4.79 Å². The summed E-state index contributed by atoms with van der Waals surface area (Å²) in [7, 11) is 0. The lowest BCUT2D eigenvalue weighted by molar-refractivity contribution is -0.123. The highest BCUT2D eigenvalue weighted by atomic mass is 16.1. The van der Waals surface area contributed by atoms with Gasteiger partial charge in [0.25, 0.3) is 0 Å². The van der Waals surface area contributed by atoms with Crippen LogP contribution in [0.3, 0.4) is 0 Å². The van der Waals surface area contributed by atoms with Crippen LogP contribution in [0, 0.1) is 11.8 Å². The van der Waals surface area contributed by atoms with Crippen molar-refractivity contribution in [2.45, 2.75) is 64.0 Å². The molecule has 0 spiro atoms. The molecule has 2 aliphatic carbocycles. The summed E-state index contributed by atoms with van der Waals surface area (Å²) >= 11 is 0. The lowest BCUT2D eigenvalue weighted by Crippen LogP contribution is -2.40. The van der Waals surface area contributed by atoms with Crippen LogP contribution in [-0.2, 0) is 4.79 Å². The molecule has 1 unspecified atom stereocenters. The van der Waals surface area contributed by atoms with Crippen LogP contribution >= 0.6 is 0 Å². The van der Waals surface area contributed by atoms with Crippen LogP contribution in [0.25, 0.3) is 0 Å². The zero-order valence-electron chi connectivity index (χ0n) is 10.2. The van der Waals surface area contributed by atoms with Crippen LogP contribution in [0.4, 0.5) is 0 Å². The minimum Gasteiger partial charge on any atom is -0.353 e. The molecule has 2 saturated carbocycles. The van der Waals surface area contributed by atoms with E-state index in [9.17, 15) is 4.79 Å². The largest absolute Gasteiger partial charge is 0.353 e. The maximum Gasteiger partial charge on any atom is 0.220 e. The zero-order valence-corrected chi connectivity index (χ0v) is 10.2. The van der Waals surface area contributed by atoms with E-state index in [0.717, 1.165) is 31.6 Å². The van der Waals surface area contributed by atoms with E-state index in [1.807, 2.05) is 0 Å². The van der Waals surface area contributed by atoms with E-state index in [1.54, 1.807) is 0 Å². The van der Waals surface area contributed by atoms with Crippen LogP contribution in [0.1, 0.15) is 51.9 Å². The second-order valence-corrected chi connectivity index (χ2v) is 5.70. The van der Waals surface area contributed by atoms with Crippen LogP contribution in [0.2, 0.25) is 0 Å². The van der Waals surface area contributed by atoms with Gasteiger partial charge in [-0.3, -0.25) is 4.79 Å². The Labute approximate surface area is 98.2 Å². The average molecular weight is 224 g/mol. The first-order valence-electron chi connectivity index (χ1n) is 6.70. The van der Waals surface area contributed by atoms with Gasteiger partial charge in [-0.25, -0.2) is 0 Å². The Balaban J connectivity index is 1.66. The molecule has 0 heterocycles. The molecule has 1 atom stereocenters. The molecule has 0 aliphatic heterocycles. The minimum atomic E-state index is 0.250. The highest BCUT2D eigenvalue weighted by molar-refractivity contribution is 5.76. The van der Waals surface area contributed by atoms with Crippen molar-refractivity contribution >= 4 is 5.91 Å². The van der Waals surface area contributed by atoms with Crippen molar-refractivity contribution in [1.82, 2.24) is 5.32 Å². The summed E-state index contributed by atoms with van der Waals surface area (Å²) < 4.78 is 0. The van der Waals surface area contributed by atoms with E-state index in [4.69, 9.17) is 5.73 Å². The number of nitrogens with two attached hydrogens (primary N) is 1. The van der Waals surface area contributed by atoms with Gasteiger partial charge in [0.15, 0.2) is 0 Å². The quantitative estimate of drug-likeness (QED) is 0.765. The number of rotatable bonds is 4. The normalized spacial score (nSPS) is 32.1. The molecule has 3 nitrogen and oxygen atoms in total.